The van der Waals surface area contributed by atoms with Gasteiger partial charge in [-0.15, -0.1) is 0 Å². The van der Waals surface area contributed by atoms with E-state index in [-0.39, 0.29) is 5.91 Å². The number of hydrogen-bond acceptors (Lipinski definition) is 2. The zero-order chi connectivity index (χ0) is 13.0. The first-order chi connectivity index (χ1) is 8.70. The van der Waals surface area contributed by atoms with E-state index >= 15 is 0 Å². The highest BCUT2D eigenvalue weighted by molar-refractivity contribution is 5.94. The molecule has 1 aromatic carbocycles. The molecular formula is C15H22N2O. The highest BCUT2D eigenvalue weighted by Crippen LogP contribution is 2.18. The summed E-state index contributed by atoms with van der Waals surface area (Å²) in [5, 5.41) is 0. The Morgan fingerprint density at radius 3 is 2.44 bits per heavy atom. The van der Waals surface area contributed by atoms with Crippen LogP contribution in [0.5, 0.6) is 0 Å². The van der Waals surface area contributed by atoms with E-state index in [1.54, 1.807) is 0 Å². The molecule has 1 aromatic rings. The van der Waals surface area contributed by atoms with Gasteiger partial charge in [0.15, 0.2) is 0 Å². The Morgan fingerprint density at radius 1 is 1.28 bits per heavy atom. The van der Waals surface area contributed by atoms with Crippen molar-refractivity contribution in [1.82, 2.24) is 4.90 Å². The molecule has 1 aliphatic heterocycles. The lowest BCUT2D eigenvalue weighted by atomic mass is 9.98. The molecule has 0 spiro atoms. The predicted molar refractivity (Wildman–Crippen MR) is 73.5 cm³/mol. The van der Waals surface area contributed by atoms with Crippen molar-refractivity contribution in [1.29, 1.82) is 0 Å². The van der Waals surface area contributed by atoms with Crippen LogP contribution in [0.25, 0.3) is 0 Å². The first-order valence-electron chi connectivity index (χ1n) is 6.79. The van der Waals surface area contributed by atoms with E-state index < -0.39 is 0 Å². The van der Waals surface area contributed by atoms with Gasteiger partial charge in [0.25, 0.3) is 5.91 Å². The summed E-state index contributed by atoms with van der Waals surface area (Å²) in [6.07, 6.45) is 3.11. The smallest absolute Gasteiger partial charge is 0.253 e. The second-order valence-corrected chi connectivity index (χ2v) is 5.21. The number of nitrogens with zero attached hydrogens (tertiary/aromatic N) is 1. The van der Waals surface area contributed by atoms with Crippen molar-refractivity contribution in [3.05, 3.63) is 35.4 Å². The van der Waals surface area contributed by atoms with Gasteiger partial charge < -0.3 is 10.6 Å². The largest absolute Gasteiger partial charge is 0.339 e. The van der Waals surface area contributed by atoms with Crippen LogP contribution >= 0.6 is 0 Å². The molecule has 3 nitrogen and oxygen atoms in total. The third-order valence-corrected chi connectivity index (χ3v) is 3.70. The van der Waals surface area contributed by atoms with Crippen LogP contribution in [0, 0.1) is 5.92 Å². The van der Waals surface area contributed by atoms with E-state index in [1.165, 1.54) is 5.56 Å². The molecule has 0 atom stereocenters. The third kappa shape index (κ3) is 3.10. The number of hydrogen-bond donors (Lipinski definition) is 1. The highest BCUT2D eigenvalue weighted by Gasteiger charge is 2.21. The van der Waals surface area contributed by atoms with E-state index in [2.05, 4.69) is 6.92 Å². The Kier molecular flexibility index (Phi) is 4.37. The fourth-order valence-electron chi connectivity index (χ4n) is 2.37. The third-order valence-electron chi connectivity index (χ3n) is 3.70. The Labute approximate surface area is 109 Å². The molecule has 3 heteroatoms. The summed E-state index contributed by atoms with van der Waals surface area (Å²) in [7, 11) is 0. The second kappa shape index (κ2) is 6.01. The minimum absolute atomic E-state index is 0.168. The van der Waals surface area contributed by atoms with Crippen molar-refractivity contribution in [3.8, 4) is 0 Å². The van der Waals surface area contributed by atoms with Crippen LogP contribution in [0.3, 0.4) is 0 Å². The van der Waals surface area contributed by atoms with Crippen molar-refractivity contribution >= 4 is 5.91 Å². The zero-order valence-corrected chi connectivity index (χ0v) is 11.1. The zero-order valence-electron chi connectivity index (χ0n) is 11.1. The van der Waals surface area contributed by atoms with Gasteiger partial charge in [-0.3, -0.25) is 4.79 Å². The average Bonchev–Trinajstić information content (AvgIpc) is 2.40. The van der Waals surface area contributed by atoms with E-state index in [9.17, 15) is 4.79 Å². The lowest BCUT2D eigenvalue weighted by Gasteiger charge is -2.30. The lowest BCUT2D eigenvalue weighted by molar-refractivity contribution is 0.0697. The van der Waals surface area contributed by atoms with Gasteiger partial charge in [0.05, 0.1) is 0 Å². The highest BCUT2D eigenvalue weighted by atomic mass is 16.2. The van der Waals surface area contributed by atoms with E-state index in [1.807, 2.05) is 29.2 Å². The molecule has 1 saturated heterocycles. The van der Waals surface area contributed by atoms with E-state index in [0.29, 0.717) is 6.54 Å². The van der Waals surface area contributed by atoms with Gasteiger partial charge in [0.1, 0.15) is 0 Å². The Hall–Kier alpha value is -1.35. The number of rotatable bonds is 3. The van der Waals surface area contributed by atoms with Crippen LogP contribution in [0.4, 0.5) is 0 Å². The standard InChI is InChI=1S/C15H22N2O/c1-12-7-10-17(11-8-12)15(18)14-4-2-13(3-5-14)6-9-16/h2-5,12H,6-11,16H2,1H3. The molecule has 1 amide bonds. The van der Waals surface area contributed by atoms with Crippen molar-refractivity contribution in [2.75, 3.05) is 19.6 Å². The minimum Gasteiger partial charge on any atom is -0.339 e. The summed E-state index contributed by atoms with van der Waals surface area (Å²) in [5.74, 6) is 0.919. The van der Waals surface area contributed by atoms with Gasteiger partial charge >= 0.3 is 0 Å². The Morgan fingerprint density at radius 2 is 1.89 bits per heavy atom. The summed E-state index contributed by atoms with van der Waals surface area (Å²) in [6.45, 7) is 4.69. The first-order valence-corrected chi connectivity index (χ1v) is 6.79. The molecule has 2 rings (SSSR count). The molecule has 1 fully saturated rings. The summed E-state index contributed by atoms with van der Waals surface area (Å²) < 4.78 is 0. The summed E-state index contributed by atoms with van der Waals surface area (Å²) in [5.41, 5.74) is 7.51. The summed E-state index contributed by atoms with van der Waals surface area (Å²) >= 11 is 0. The van der Waals surface area contributed by atoms with Gasteiger partial charge in [-0.25, -0.2) is 0 Å². The SMILES string of the molecule is CC1CCN(C(=O)c2ccc(CCN)cc2)CC1. The Bertz CT molecular complexity index is 391. The maximum absolute atomic E-state index is 12.3. The van der Waals surface area contributed by atoms with Crippen LogP contribution in [0.1, 0.15) is 35.7 Å². The predicted octanol–water partition coefficient (Wildman–Crippen LogP) is 2.06. The van der Waals surface area contributed by atoms with E-state index in [0.717, 1.165) is 43.8 Å². The van der Waals surface area contributed by atoms with Crippen LogP contribution < -0.4 is 5.73 Å². The fourth-order valence-corrected chi connectivity index (χ4v) is 2.37. The number of likely N-dealkylation sites (tertiary alicyclic amines) is 1. The lowest BCUT2D eigenvalue weighted by Crippen LogP contribution is -2.37. The van der Waals surface area contributed by atoms with Crippen LogP contribution in [0.2, 0.25) is 0 Å². The van der Waals surface area contributed by atoms with Crippen molar-refractivity contribution in [2.45, 2.75) is 26.2 Å². The normalized spacial score (nSPS) is 16.9. The first kappa shape index (κ1) is 13.1. The number of nitrogens with two attached hydrogens (primary N) is 1. The molecular weight excluding hydrogens is 224 g/mol. The molecule has 0 saturated carbocycles. The monoisotopic (exact) mass is 246 g/mol. The topological polar surface area (TPSA) is 46.3 Å². The van der Waals surface area contributed by atoms with Crippen molar-refractivity contribution in [2.24, 2.45) is 11.7 Å². The number of benzene rings is 1. The van der Waals surface area contributed by atoms with Crippen LogP contribution in [0.15, 0.2) is 24.3 Å². The van der Waals surface area contributed by atoms with Crippen molar-refractivity contribution in [3.63, 3.8) is 0 Å². The molecule has 0 radical (unpaired) electrons. The van der Waals surface area contributed by atoms with Crippen LogP contribution in [-0.4, -0.2) is 30.4 Å². The summed E-state index contributed by atoms with van der Waals surface area (Å²) in [4.78, 5) is 14.2. The molecule has 1 heterocycles. The quantitative estimate of drug-likeness (QED) is 0.887. The van der Waals surface area contributed by atoms with Gasteiger partial charge in [-0.2, -0.15) is 0 Å². The van der Waals surface area contributed by atoms with E-state index in [4.69, 9.17) is 5.73 Å². The van der Waals surface area contributed by atoms with Crippen LogP contribution in [-0.2, 0) is 6.42 Å². The molecule has 0 bridgehead atoms. The van der Waals surface area contributed by atoms with Gasteiger partial charge in [-0.1, -0.05) is 19.1 Å². The maximum atomic E-state index is 12.3. The number of carbonyl (C=O) groups is 1. The van der Waals surface area contributed by atoms with Gasteiger partial charge in [0.2, 0.25) is 0 Å². The molecule has 0 aromatic heterocycles. The summed E-state index contributed by atoms with van der Waals surface area (Å²) in [6, 6.07) is 7.86. The van der Waals surface area contributed by atoms with Gasteiger partial charge in [-0.05, 0) is 49.4 Å². The number of carbonyl (C=O) groups excluding carboxylic acids is 1. The van der Waals surface area contributed by atoms with Crippen molar-refractivity contribution < 1.29 is 4.79 Å². The fraction of sp³-hybridized carbons (Fsp3) is 0.533. The maximum Gasteiger partial charge on any atom is 0.253 e. The average molecular weight is 246 g/mol. The number of piperidine rings is 1. The minimum atomic E-state index is 0.168. The molecule has 18 heavy (non-hydrogen) atoms. The second-order valence-electron chi connectivity index (χ2n) is 5.21. The molecule has 98 valence electrons. The molecule has 1 aliphatic rings. The molecule has 0 aliphatic carbocycles. The van der Waals surface area contributed by atoms with Gasteiger partial charge in [0, 0.05) is 18.7 Å². The molecule has 0 unspecified atom stereocenters. The Balaban J connectivity index is 2.00. The number of amides is 1. The molecule has 2 N–H and O–H groups in total.